The molecule has 2 unspecified atom stereocenters. The highest BCUT2D eigenvalue weighted by atomic mass is 32.2. The van der Waals surface area contributed by atoms with E-state index in [1.54, 1.807) is 0 Å². The quantitative estimate of drug-likeness (QED) is 0.824. The minimum atomic E-state index is -0.272. The number of benzene rings is 1. The number of fused-ring (bicyclic) bond motifs is 1. The van der Waals surface area contributed by atoms with Gasteiger partial charge in [-0.25, -0.2) is 0 Å². The van der Waals surface area contributed by atoms with Crippen LogP contribution in [0.5, 0.6) is 0 Å². The largest absolute Gasteiger partial charge is 0.392 e. The van der Waals surface area contributed by atoms with Crippen molar-refractivity contribution in [2.24, 2.45) is 0 Å². The summed E-state index contributed by atoms with van der Waals surface area (Å²) in [5.74, 6) is 1.16. The first-order valence-corrected chi connectivity index (χ1v) is 6.39. The predicted octanol–water partition coefficient (Wildman–Crippen LogP) is 2.19. The van der Waals surface area contributed by atoms with E-state index in [4.69, 9.17) is 0 Å². The van der Waals surface area contributed by atoms with Crippen LogP contribution in [0.1, 0.15) is 24.9 Å². The lowest BCUT2D eigenvalue weighted by atomic mass is 10.0. The molecule has 0 aromatic heterocycles. The van der Waals surface area contributed by atoms with Crippen LogP contribution in [-0.4, -0.2) is 23.5 Å². The first-order chi connectivity index (χ1) is 7.27. The molecule has 82 valence electrons. The fourth-order valence-electron chi connectivity index (χ4n) is 1.87. The SMILES string of the molecule is CC(O)CNC1CCSc2ccccc21. The number of aliphatic hydroxyl groups is 1. The first kappa shape index (κ1) is 11.0. The maximum absolute atomic E-state index is 9.26. The van der Waals surface area contributed by atoms with Crippen molar-refractivity contribution in [3.05, 3.63) is 29.8 Å². The predicted molar refractivity (Wildman–Crippen MR) is 64.2 cm³/mol. The van der Waals surface area contributed by atoms with Gasteiger partial charge in [0.05, 0.1) is 6.10 Å². The molecule has 0 bridgehead atoms. The lowest BCUT2D eigenvalue weighted by molar-refractivity contribution is 0.185. The zero-order valence-corrected chi connectivity index (χ0v) is 9.76. The Bertz CT molecular complexity index is 327. The third-order valence-corrected chi connectivity index (χ3v) is 3.74. The summed E-state index contributed by atoms with van der Waals surface area (Å²) < 4.78 is 0. The summed E-state index contributed by atoms with van der Waals surface area (Å²) in [4.78, 5) is 1.38. The lowest BCUT2D eigenvalue weighted by Crippen LogP contribution is -2.30. The number of hydrogen-bond donors (Lipinski definition) is 2. The van der Waals surface area contributed by atoms with Gasteiger partial charge in [-0.3, -0.25) is 0 Å². The van der Waals surface area contributed by atoms with Crippen LogP contribution in [-0.2, 0) is 0 Å². The second kappa shape index (κ2) is 5.01. The normalized spacial score (nSPS) is 22.1. The maximum Gasteiger partial charge on any atom is 0.0636 e. The van der Waals surface area contributed by atoms with E-state index in [-0.39, 0.29) is 6.10 Å². The molecule has 2 nitrogen and oxygen atoms in total. The number of aliphatic hydroxyl groups excluding tert-OH is 1. The van der Waals surface area contributed by atoms with E-state index >= 15 is 0 Å². The summed E-state index contributed by atoms with van der Waals surface area (Å²) in [5.41, 5.74) is 1.38. The Balaban J connectivity index is 2.08. The van der Waals surface area contributed by atoms with Crippen LogP contribution in [0, 0.1) is 0 Å². The first-order valence-electron chi connectivity index (χ1n) is 5.40. The van der Waals surface area contributed by atoms with Crippen LogP contribution < -0.4 is 5.32 Å². The van der Waals surface area contributed by atoms with Gasteiger partial charge in [-0.05, 0) is 30.7 Å². The highest BCUT2D eigenvalue weighted by molar-refractivity contribution is 7.99. The van der Waals surface area contributed by atoms with Crippen molar-refractivity contribution < 1.29 is 5.11 Å². The maximum atomic E-state index is 9.26. The van der Waals surface area contributed by atoms with Crippen molar-refractivity contribution in [3.63, 3.8) is 0 Å². The molecule has 2 rings (SSSR count). The van der Waals surface area contributed by atoms with Gasteiger partial charge in [0, 0.05) is 17.5 Å². The Morgan fingerprint density at radius 3 is 3.13 bits per heavy atom. The lowest BCUT2D eigenvalue weighted by Gasteiger charge is -2.26. The molecule has 0 spiro atoms. The Hall–Kier alpha value is -0.510. The average Bonchev–Trinajstić information content (AvgIpc) is 2.26. The summed E-state index contributed by atoms with van der Waals surface area (Å²) in [5, 5.41) is 12.7. The van der Waals surface area contributed by atoms with Crippen molar-refractivity contribution in [1.29, 1.82) is 0 Å². The van der Waals surface area contributed by atoms with Crippen LogP contribution in [0.2, 0.25) is 0 Å². The molecule has 2 atom stereocenters. The summed E-state index contributed by atoms with van der Waals surface area (Å²) in [7, 11) is 0. The minimum Gasteiger partial charge on any atom is -0.392 e. The molecule has 1 aliphatic rings. The van der Waals surface area contributed by atoms with Crippen LogP contribution in [0.4, 0.5) is 0 Å². The Morgan fingerprint density at radius 1 is 1.53 bits per heavy atom. The van der Waals surface area contributed by atoms with E-state index < -0.39 is 0 Å². The zero-order chi connectivity index (χ0) is 10.7. The molecule has 2 N–H and O–H groups in total. The number of nitrogens with one attached hydrogen (secondary N) is 1. The van der Waals surface area contributed by atoms with E-state index in [0.29, 0.717) is 12.6 Å². The van der Waals surface area contributed by atoms with E-state index in [2.05, 4.69) is 29.6 Å². The smallest absolute Gasteiger partial charge is 0.0636 e. The third kappa shape index (κ3) is 2.74. The number of hydrogen-bond acceptors (Lipinski definition) is 3. The molecule has 0 amide bonds. The number of thioether (sulfide) groups is 1. The monoisotopic (exact) mass is 223 g/mol. The highest BCUT2D eigenvalue weighted by Crippen LogP contribution is 2.35. The molecule has 0 fully saturated rings. The van der Waals surface area contributed by atoms with Crippen LogP contribution in [0.3, 0.4) is 0 Å². The molecule has 0 aliphatic carbocycles. The Kier molecular flexibility index (Phi) is 3.67. The van der Waals surface area contributed by atoms with Crippen LogP contribution in [0.25, 0.3) is 0 Å². The van der Waals surface area contributed by atoms with E-state index in [9.17, 15) is 5.11 Å². The van der Waals surface area contributed by atoms with Gasteiger partial charge in [-0.15, -0.1) is 11.8 Å². The topological polar surface area (TPSA) is 32.3 Å². The van der Waals surface area contributed by atoms with Crippen molar-refractivity contribution in [2.75, 3.05) is 12.3 Å². The highest BCUT2D eigenvalue weighted by Gasteiger charge is 2.19. The Morgan fingerprint density at radius 2 is 2.33 bits per heavy atom. The number of rotatable bonds is 3. The summed E-state index contributed by atoms with van der Waals surface area (Å²) in [6.45, 7) is 2.49. The second-order valence-electron chi connectivity index (χ2n) is 3.98. The molecule has 1 aromatic rings. The van der Waals surface area contributed by atoms with Gasteiger partial charge in [0.25, 0.3) is 0 Å². The molecular weight excluding hydrogens is 206 g/mol. The Labute approximate surface area is 95.1 Å². The van der Waals surface area contributed by atoms with Crippen molar-refractivity contribution in [2.45, 2.75) is 30.4 Å². The summed E-state index contributed by atoms with van der Waals surface area (Å²) >= 11 is 1.92. The van der Waals surface area contributed by atoms with E-state index in [1.807, 2.05) is 18.7 Å². The minimum absolute atomic E-state index is 0.272. The van der Waals surface area contributed by atoms with Crippen molar-refractivity contribution in [1.82, 2.24) is 5.32 Å². The van der Waals surface area contributed by atoms with Crippen LogP contribution in [0.15, 0.2) is 29.2 Å². The average molecular weight is 223 g/mol. The molecule has 3 heteroatoms. The zero-order valence-electron chi connectivity index (χ0n) is 8.94. The molecule has 0 radical (unpaired) electrons. The molecule has 1 heterocycles. The molecule has 1 aromatic carbocycles. The third-order valence-electron chi connectivity index (χ3n) is 2.62. The van der Waals surface area contributed by atoms with Crippen molar-refractivity contribution >= 4 is 11.8 Å². The molecule has 0 saturated heterocycles. The standard InChI is InChI=1S/C12H17NOS/c1-9(14)8-13-11-6-7-15-12-5-3-2-4-10(11)12/h2-5,9,11,13-14H,6-8H2,1H3. The van der Waals surface area contributed by atoms with Gasteiger partial charge in [-0.1, -0.05) is 18.2 Å². The fourth-order valence-corrected chi connectivity index (χ4v) is 2.99. The van der Waals surface area contributed by atoms with Gasteiger partial charge in [-0.2, -0.15) is 0 Å². The van der Waals surface area contributed by atoms with Gasteiger partial charge in [0.2, 0.25) is 0 Å². The van der Waals surface area contributed by atoms with Crippen LogP contribution >= 0.6 is 11.8 Å². The molecule has 0 saturated carbocycles. The van der Waals surface area contributed by atoms with E-state index in [0.717, 1.165) is 12.2 Å². The fraction of sp³-hybridized carbons (Fsp3) is 0.500. The van der Waals surface area contributed by atoms with Gasteiger partial charge >= 0.3 is 0 Å². The van der Waals surface area contributed by atoms with Gasteiger partial charge < -0.3 is 10.4 Å². The second-order valence-corrected chi connectivity index (χ2v) is 5.12. The molecular formula is C12H17NOS. The van der Waals surface area contributed by atoms with Crippen molar-refractivity contribution in [3.8, 4) is 0 Å². The molecule has 1 aliphatic heterocycles. The summed E-state index contributed by atoms with van der Waals surface area (Å²) in [6, 6.07) is 8.94. The van der Waals surface area contributed by atoms with E-state index in [1.165, 1.54) is 10.5 Å². The van der Waals surface area contributed by atoms with Gasteiger partial charge in [0.1, 0.15) is 0 Å². The molecule has 15 heavy (non-hydrogen) atoms. The summed E-state index contributed by atoms with van der Waals surface area (Å²) in [6.07, 6.45) is 0.876. The van der Waals surface area contributed by atoms with Gasteiger partial charge in [0.15, 0.2) is 0 Å².